The molecule has 0 spiro atoms. The first-order valence-electron chi connectivity index (χ1n) is 8.09. The fraction of sp³-hybridized carbons (Fsp3) is 0.200. The number of sulfonamides is 1. The van der Waals surface area contributed by atoms with Crippen LogP contribution in [0.3, 0.4) is 0 Å². The van der Waals surface area contributed by atoms with Gasteiger partial charge in [0.2, 0.25) is 10.0 Å². The number of nitrogens with one attached hydrogen (secondary N) is 1. The molecule has 4 heteroatoms. The van der Waals surface area contributed by atoms with E-state index >= 15 is 0 Å². The molecule has 3 aromatic carbocycles. The molecule has 0 aliphatic carbocycles. The van der Waals surface area contributed by atoms with Crippen LogP contribution in [0.25, 0.3) is 10.8 Å². The Morgan fingerprint density at radius 2 is 1.67 bits per heavy atom. The number of benzene rings is 3. The summed E-state index contributed by atoms with van der Waals surface area (Å²) in [7, 11) is -3.46. The van der Waals surface area contributed by atoms with E-state index in [0.29, 0.717) is 11.4 Å². The molecule has 0 aliphatic rings. The number of hydrogen-bond acceptors (Lipinski definition) is 2. The summed E-state index contributed by atoms with van der Waals surface area (Å²) in [6, 6.07) is 21.3. The summed E-state index contributed by atoms with van der Waals surface area (Å²) in [5, 5.41) is 1.97. The molecule has 24 heavy (non-hydrogen) atoms. The molecule has 124 valence electrons. The minimum Gasteiger partial charge on any atom is -0.211 e. The van der Waals surface area contributed by atoms with Crippen molar-refractivity contribution in [1.29, 1.82) is 0 Å². The van der Waals surface area contributed by atoms with Crippen molar-refractivity contribution in [2.24, 2.45) is 0 Å². The van der Waals surface area contributed by atoms with Crippen molar-refractivity contribution in [1.82, 2.24) is 4.72 Å². The lowest BCUT2D eigenvalue weighted by atomic mass is 10.1. The highest BCUT2D eigenvalue weighted by molar-refractivity contribution is 7.89. The maximum atomic E-state index is 12.4. The van der Waals surface area contributed by atoms with Gasteiger partial charge in [0.15, 0.2) is 0 Å². The molecule has 0 amide bonds. The third-order valence-corrected chi connectivity index (χ3v) is 5.51. The van der Waals surface area contributed by atoms with Crippen LogP contribution in [-0.2, 0) is 16.4 Å². The first-order chi connectivity index (χ1) is 11.5. The van der Waals surface area contributed by atoms with Crippen LogP contribution in [0.4, 0.5) is 0 Å². The van der Waals surface area contributed by atoms with E-state index < -0.39 is 10.0 Å². The first-order valence-corrected chi connectivity index (χ1v) is 9.57. The lowest BCUT2D eigenvalue weighted by molar-refractivity contribution is 0.579. The van der Waals surface area contributed by atoms with Crippen LogP contribution in [0.5, 0.6) is 0 Å². The van der Waals surface area contributed by atoms with Crippen LogP contribution in [0, 0.1) is 6.92 Å². The lowest BCUT2D eigenvalue weighted by Crippen LogP contribution is -2.25. The van der Waals surface area contributed by atoms with E-state index in [1.165, 1.54) is 11.1 Å². The van der Waals surface area contributed by atoms with Crippen LogP contribution in [0.15, 0.2) is 71.6 Å². The van der Waals surface area contributed by atoms with Gasteiger partial charge in [0.05, 0.1) is 4.90 Å². The van der Waals surface area contributed by atoms with Gasteiger partial charge in [-0.1, -0.05) is 60.2 Å². The smallest absolute Gasteiger partial charge is 0.211 e. The van der Waals surface area contributed by atoms with Gasteiger partial charge in [-0.05, 0) is 48.2 Å². The molecular formula is C20H21NO2S. The van der Waals surface area contributed by atoms with Gasteiger partial charge in [-0.3, -0.25) is 0 Å². The predicted molar refractivity (Wildman–Crippen MR) is 98.6 cm³/mol. The number of rotatable bonds is 6. The Morgan fingerprint density at radius 3 is 2.46 bits per heavy atom. The molecule has 0 saturated heterocycles. The largest absolute Gasteiger partial charge is 0.240 e. The maximum Gasteiger partial charge on any atom is 0.240 e. The van der Waals surface area contributed by atoms with Gasteiger partial charge < -0.3 is 0 Å². The minimum absolute atomic E-state index is 0.316. The fourth-order valence-corrected chi connectivity index (χ4v) is 3.89. The van der Waals surface area contributed by atoms with Gasteiger partial charge in [0.25, 0.3) is 0 Å². The van der Waals surface area contributed by atoms with E-state index in [0.717, 1.165) is 23.6 Å². The summed E-state index contributed by atoms with van der Waals surface area (Å²) in [6.07, 6.45) is 1.64. The number of aryl methyl sites for hydroxylation is 2. The molecule has 0 heterocycles. The van der Waals surface area contributed by atoms with Gasteiger partial charge in [0, 0.05) is 6.54 Å². The number of fused-ring (bicyclic) bond motifs is 1. The van der Waals surface area contributed by atoms with Gasteiger partial charge in [-0.2, -0.15) is 0 Å². The van der Waals surface area contributed by atoms with Crippen LogP contribution in [0.2, 0.25) is 0 Å². The summed E-state index contributed by atoms with van der Waals surface area (Å²) in [5.74, 6) is 0. The van der Waals surface area contributed by atoms with Crippen LogP contribution >= 0.6 is 0 Å². The Morgan fingerprint density at radius 1 is 0.875 bits per heavy atom. The zero-order valence-electron chi connectivity index (χ0n) is 13.7. The Labute approximate surface area is 143 Å². The Bertz CT molecular complexity index is 949. The van der Waals surface area contributed by atoms with E-state index in [1.807, 2.05) is 36.4 Å². The van der Waals surface area contributed by atoms with E-state index in [1.54, 1.807) is 12.1 Å². The van der Waals surface area contributed by atoms with E-state index in [2.05, 4.69) is 29.8 Å². The predicted octanol–water partition coefficient (Wildman–Crippen LogP) is 4.06. The molecule has 3 aromatic rings. The summed E-state index contributed by atoms with van der Waals surface area (Å²) in [6.45, 7) is 2.50. The summed E-state index contributed by atoms with van der Waals surface area (Å²) >= 11 is 0. The summed E-state index contributed by atoms with van der Waals surface area (Å²) in [5.41, 5.74) is 2.46. The average molecular weight is 339 g/mol. The molecular weight excluding hydrogens is 318 g/mol. The Balaban J connectivity index is 1.62. The second-order valence-electron chi connectivity index (χ2n) is 6.00. The molecule has 0 aromatic heterocycles. The van der Waals surface area contributed by atoms with Gasteiger partial charge in [0.1, 0.15) is 0 Å². The Kier molecular flexibility index (Phi) is 4.97. The molecule has 1 N–H and O–H groups in total. The van der Waals surface area contributed by atoms with Crippen molar-refractivity contribution in [3.63, 3.8) is 0 Å². The SMILES string of the molecule is Cc1cccc(CCCNS(=O)(=O)c2ccc3ccccc3c2)c1. The van der Waals surface area contributed by atoms with Gasteiger partial charge in [-0.25, -0.2) is 13.1 Å². The second-order valence-corrected chi connectivity index (χ2v) is 7.77. The molecule has 0 bridgehead atoms. The summed E-state index contributed by atoms with van der Waals surface area (Å²) < 4.78 is 27.6. The van der Waals surface area contributed by atoms with Crippen molar-refractivity contribution in [2.45, 2.75) is 24.7 Å². The zero-order valence-corrected chi connectivity index (χ0v) is 14.5. The third-order valence-electron chi connectivity index (χ3n) is 4.05. The van der Waals surface area contributed by atoms with Crippen molar-refractivity contribution < 1.29 is 8.42 Å². The van der Waals surface area contributed by atoms with Crippen LogP contribution in [-0.4, -0.2) is 15.0 Å². The van der Waals surface area contributed by atoms with Crippen molar-refractivity contribution in [2.75, 3.05) is 6.54 Å². The fourth-order valence-electron chi connectivity index (χ4n) is 2.78. The standard InChI is InChI=1S/C20H21NO2S/c1-16-6-4-7-17(14-16)8-5-13-21-24(22,23)20-12-11-18-9-2-3-10-19(18)15-20/h2-4,6-7,9-12,14-15,21H,5,8,13H2,1H3. The highest BCUT2D eigenvalue weighted by atomic mass is 32.2. The quantitative estimate of drug-likeness (QED) is 0.688. The normalized spacial score (nSPS) is 11.7. The highest BCUT2D eigenvalue weighted by Crippen LogP contribution is 2.18. The number of hydrogen-bond donors (Lipinski definition) is 1. The van der Waals surface area contributed by atoms with E-state index in [4.69, 9.17) is 0 Å². The zero-order chi connectivity index (χ0) is 17.0. The minimum atomic E-state index is -3.46. The molecule has 3 rings (SSSR count). The highest BCUT2D eigenvalue weighted by Gasteiger charge is 2.13. The van der Waals surface area contributed by atoms with Crippen molar-refractivity contribution in [3.8, 4) is 0 Å². The third kappa shape index (κ3) is 4.02. The lowest BCUT2D eigenvalue weighted by Gasteiger charge is -2.08. The molecule has 0 aliphatic heterocycles. The van der Waals surface area contributed by atoms with Crippen LogP contribution in [0.1, 0.15) is 17.5 Å². The maximum absolute atomic E-state index is 12.4. The van der Waals surface area contributed by atoms with E-state index in [9.17, 15) is 8.42 Å². The van der Waals surface area contributed by atoms with Crippen LogP contribution < -0.4 is 4.72 Å². The Hall–Kier alpha value is -2.17. The second kappa shape index (κ2) is 7.16. The molecule has 0 atom stereocenters. The van der Waals surface area contributed by atoms with Gasteiger partial charge in [-0.15, -0.1) is 0 Å². The van der Waals surface area contributed by atoms with Gasteiger partial charge >= 0.3 is 0 Å². The molecule has 0 saturated carbocycles. The average Bonchev–Trinajstić information content (AvgIpc) is 2.58. The van der Waals surface area contributed by atoms with Crippen molar-refractivity contribution >= 4 is 20.8 Å². The molecule has 0 unspecified atom stereocenters. The molecule has 3 nitrogen and oxygen atoms in total. The molecule has 0 radical (unpaired) electrons. The van der Waals surface area contributed by atoms with Crippen molar-refractivity contribution in [3.05, 3.63) is 77.9 Å². The van der Waals surface area contributed by atoms with E-state index in [-0.39, 0.29) is 0 Å². The first kappa shape index (κ1) is 16.7. The molecule has 0 fully saturated rings. The summed E-state index contributed by atoms with van der Waals surface area (Å²) in [4.78, 5) is 0.316. The monoisotopic (exact) mass is 339 g/mol. The topological polar surface area (TPSA) is 46.2 Å².